The number of aliphatic hydroxyl groups excluding tert-OH is 1. The quantitative estimate of drug-likeness (QED) is 0.444. The Morgan fingerprint density at radius 1 is 1.00 bits per heavy atom. The molecule has 0 fully saturated rings. The van der Waals surface area contributed by atoms with Crippen LogP contribution < -0.4 is 0 Å². The molecule has 0 unspecified atom stereocenters. The molecular formula is C12H17NO2. The maximum Gasteiger partial charge on any atom is 0.0739 e. The zero-order valence-corrected chi connectivity index (χ0v) is 9.63. The van der Waals surface area contributed by atoms with Crippen molar-refractivity contribution in [2.45, 2.75) is 34.3 Å². The Morgan fingerprint density at radius 2 is 1.47 bits per heavy atom. The lowest BCUT2D eigenvalue weighted by molar-refractivity contribution is 0.280. The first-order valence-corrected chi connectivity index (χ1v) is 4.92. The molecule has 1 rings (SSSR count). The van der Waals surface area contributed by atoms with Crippen molar-refractivity contribution in [3.05, 3.63) is 33.4 Å². The zero-order chi connectivity index (χ0) is 11.6. The Labute approximate surface area is 90.1 Å². The number of benzene rings is 1. The molecule has 0 radical (unpaired) electrons. The molecule has 0 saturated carbocycles. The van der Waals surface area contributed by atoms with Gasteiger partial charge in [0, 0.05) is 5.56 Å². The molecule has 1 aromatic rings. The summed E-state index contributed by atoms with van der Waals surface area (Å²) in [5.41, 5.74) is 6.15. The van der Waals surface area contributed by atoms with Gasteiger partial charge in [-0.15, -0.1) is 0 Å². The van der Waals surface area contributed by atoms with E-state index in [0.29, 0.717) is 0 Å². The van der Waals surface area contributed by atoms with Crippen LogP contribution in [0.3, 0.4) is 0 Å². The summed E-state index contributed by atoms with van der Waals surface area (Å²) in [6.07, 6.45) is 1.45. The first-order chi connectivity index (χ1) is 7.04. The normalized spacial score (nSPS) is 11.3. The molecule has 0 spiro atoms. The molecule has 0 bridgehead atoms. The fraction of sp³-hybridized carbons (Fsp3) is 0.417. The van der Waals surface area contributed by atoms with Gasteiger partial charge in [0.25, 0.3) is 0 Å². The molecule has 0 amide bonds. The Morgan fingerprint density at radius 3 is 1.80 bits per heavy atom. The van der Waals surface area contributed by atoms with Crippen LogP contribution in [0.1, 0.15) is 33.4 Å². The minimum absolute atomic E-state index is 0.0515. The molecule has 82 valence electrons. The van der Waals surface area contributed by atoms with E-state index < -0.39 is 0 Å². The smallest absolute Gasteiger partial charge is 0.0739 e. The minimum atomic E-state index is 0.0515. The van der Waals surface area contributed by atoms with Crippen molar-refractivity contribution in [3.8, 4) is 0 Å². The molecule has 15 heavy (non-hydrogen) atoms. The van der Waals surface area contributed by atoms with Gasteiger partial charge in [-0.05, 0) is 55.5 Å². The number of rotatable bonds is 2. The predicted octanol–water partition coefficient (Wildman–Crippen LogP) is 2.22. The van der Waals surface area contributed by atoms with Gasteiger partial charge in [-0.2, -0.15) is 0 Å². The van der Waals surface area contributed by atoms with Crippen LogP contribution in [-0.4, -0.2) is 16.5 Å². The van der Waals surface area contributed by atoms with E-state index in [1.54, 1.807) is 0 Å². The first-order valence-electron chi connectivity index (χ1n) is 4.92. The average Bonchev–Trinajstić information content (AvgIpc) is 2.23. The van der Waals surface area contributed by atoms with E-state index in [2.05, 4.69) is 5.16 Å². The van der Waals surface area contributed by atoms with Gasteiger partial charge in [0.05, 0.1) is 12.8 Å². The van der Waals surface area contributed by atoms with Gasteiger partial charge in [0.15, 0.2) is 0 Å². The van der Waals surface area contributed by atoms with Crippen LogP contribution in [0.2, 0.25) is 0 Å². The van der Waals surface area contributed by atoms with E-state index in [1.807, 2.05) is 27.7 Å². The van der Waals surface area contributed by atoms with Crippen LogP contribution in [0.4, 0.5) is 0 Å². The highest BCUT2D eigenvalue weighted by molar-refractivity contribution is 5.85. The first kappa shape index (κ1) is 11.7. The summed E-state index contributed by atoms with van der Waals surface area (Å²) < 4.78 is 0. The molecular weight excluding hydrogens is 190 g/mol. The van der Waals surface area contributed by atoms with E-state index in [4.69, 9.17) is 5.21 Å². The van der Waals surface area contributed by atoms with Crippen LogP contribution in [0.5, 0.6) is 0 Å². The van der Waals surface area contributed by atoms with E-state index in [-0.39, 0.29) is 6.61 Å². The maximum absolute atomic E-state index is 9.29. The molecule has 0 aliphatic carbocycles. The second-order valence-electron chi connectivity index (χ2n) is 3.79. The third-order valence-corrected chi connectivity index (χ3v) is 3.18. The molecule has 3 nitrogen and oxygen atoms in total. The van der Waals surface area contributed by atoms with Crippen LogP contribution in [-0.2, 0) is 6.61 Å². The predicted molar refractivity (Wildman–Crippen MR) is 60.7 cm³/mol. The van der Waals surface area contributed by atoms with Crippen LogP contribution >= 0.6 is 0 Å². The van der Waals surface area contributed by atoms with Crippen LogP contribution in [0.25, 0.3) is 0 Å². The van der Waals surface area contributed by atoms with Crippen molar-refractivity contribution in [2.75, 3.05) is 0 Å². The maximum atomic E-state index is 9.29. The Bertz CT molecular complexity index is 380. The highest BCUT2D eigenvalue weighted by atomic mass is 16.4. The standard InChI is InChI=1S/C12H17NO2/c1-7-9(3)12(6-14)10(4)8(2)11(7)5-13-15/h5,14-15H,6H2,1-4H3/b13-5+. The monoisotopic (exact) mass is 207 g/mol. The van der Waals surface area contributed by atoms with Gasteiger partial charge in [0.2, 0.25) is 0 Å². The number of aliphatic hydroxyl groups is 1. The largest absolute Gasteiger partial charge is 0.411 e. The highest BCUT2D eigenvalue weighted by Crippen LogP contribution is 2.25. The van der Waals surface area contributed by atoms with Crippen molar-refractivity contribution in [1.29, 1.82) is 0 Å². The number of hydrogen-bond donors (Lipinski definition) is 2. The summed E-state index contributed by atoms with van der Waals surface area (Å²) in [7, 11) is 0. The zero-order valence-electron chi connectivity index (χ0n) is 9.63. The molecule has 0 saturated heterocycles. The fourth-order valence-corrected chi connectivity index (χ4v) is 1.91. The second-order valence-corrected chi connectivity index (χ2v) is 3.79. The van der Waals surface area contributed by atoms with Gasteiger partial charge < -0.3 is 10.3 Å². The van der Waals surface area contributed by atoms with E-state index in [1.165, 1.54) is 6.21 Å². The fourth-order valence-electron chi connectivity index (χ4n) is 1.91. The Hall–Kier alpha value is -1.35. The Kier molecular flexibility index (Phi) is 3.48. The lowest BCUT2D eigenvalue weighted by Gasteiger charge is -2.16. The van der Waals surface area contributed by atoms with Gasteiger partial charge in [0.1, 0.15) is 0 Å². The van der Waals surface area contributed by atoms with Gasteiger partial charge >= 0.3 is 0 Å². The molecule has 0 heterocycles. The average molecular weight is 207 g/mol. The molecule has 0 atom stereocenters. The molecule has 2 N–H and O–H groups in total. The van der Waals surface area contributed by atoms with Gasteiger partial charge in [-0.3, -0.25) is 0 Å². The highest BCUT2D eigenvalue weighted by Gasteiger charge is 2.12. The summed E-state index contributed by atoms with van der Waals surface area (Å²) in [5.74, 6) is 0. The summed E-state index contributed by atoms with van der Waals surface area (Å²) in [6.45, 7) is 7.94. The molecule has 0 aromatic heterocycles. The minimum Gasteiger partial charge on any atom is -0.411 e. The van der Waals surface area contributed by atoms with Crippen molar-refractivity contribution in [3.63, 3.8) is 0 Å². The molecule has 1 aromatic carbocycles. The van der Waals surface area contributed by atoms with Crippen LogP contribution in [0.15, 0.2) is 5.16 Å². The number of nitrogens with zero attached hydrogens (tertiary/aromatic N) is 1. The van der Waals surface area contributed by atoms with Crippen molar-refractivity contribution >= 4 is 6.21 Å². The second kappa shape index (κ2) is 4.45. The summed E-state index contributed by atoms with van der Waals surface area (Å²) in [4.78, 5) is 0. The van der Waals surface area contributed by atoms with Gasteiger partial charge in [-0.1, -0.05) is 5.16 Å². The van der Waals surface area contributed by atoms with Crippen molar-refractivity contribution < 1.29 is 10.3 Å². The van der Waals surface area contributed by atoms with E-state index in [0.717, 1.165) is 33.4 Å². The molecule has 3 heteroatoms. The Balaban J connectivity index is 3.58. The van der Waals surface area contributed by atoms with Crippen LogP contribution in [0, 0.1) is 27.7 Å². The van der Waals surface area contributed by atoms with Gasteiger partial charge in [-0.25, -0.2) is 0 Å². The van der Waals surface area contributed by atoms with E-state index in [9.17, 15) is 5.11 Å². The summed E-state index contributed by atoms with van der Waals surface area (Å²) >= 11 is 0. The topological polar surface area (TPSA) is 52.8 Å². The lowest BCUT2D eigenvalue weighted by atomic mass is 9.90. The summed E-state index contributed by atoms with van der Waals surface area (Å²) in [5, 5.41) is 21.0. The molecule has 0 aliphatic rings. The molecule has 0 aliphatic heterocycles. The van der Waals surface area contributed by atoms with Crippen molar-refractivity contribution in [1.82, 2.24) is 0 Å². The SMILES string of the molecule is Cc1c(C)c(CO)c(C)c(C)c1/C=N/O. The third kappa shape index (κ3) is 1.88. The number of oxime groups is 1. The van der Waals surface area contributed by atoms with Crippen molar-refractivity contribution in [2.24, 2.45) is 5.16 Å². The number of hydrogen-bond acceptors (Lipinski definition) is 3. The third-order valence-electron chi connectivity index (χ3n) is 3.18. The summed E-state index contributed by atoms with van der Waals surface area (Å²) in [6, 6.07) is 0. The van der Waals surface area contributed by atoms with E-state index >= 15 is 0 Å². The lowest BCUT2D eigenvalue weighted by Crippen LogP contribution is -2.04.